The fourth-order valence-corrected chi connectivity index (χ4v) is 8.88. The highest BCUT2D eigenvalue weighted by Crippen LogP contribution is 2.58. The Balaban J connectivity index is 1.09. The van der Waals surface area contributed by atoms with Crippen molar-refractivity contribution in [2.45, 2.75) is 12.1 Å². The smallest absolute Gasteiger partial charge is 0.0926 e. The molecular formula is C51H37N3. The van der Waals surface area contributed by atoms with Gasteiger partial charge in [-0.1, -0.05) is 182 Å². The third kappa shape index (κ3) is 4.86. The molecule has 0 radical (unpaired) electrons. The largest absolute Gasteiger partial charge is 0.367 e. The summed E-state index contributed by atoms with van der Waals surface area (Å²) in [5.41, 5.74) is 15.1. The Bertz CT molecular complexity index is 2780. The molecule has 54 heavy (non-hydrogen) atoms. The predicted octanol–water partition coefficient (Wildman–Crippen LogP) is 12.3. The zero-order chi connectivity index (χ0) is 36.1. The number of anilines is 1. The van der Waals surface area contributed by atoms with Gasteiger partial charge >= 0.3 is 0 Å². The number of hydrogen-bond donors (Lipinski definition) is 2. The standard InChI is InChI=1S/C51H37N3/c52-50(37-30-28-36(29-31-37)35-16-4-1-5-17-35)41-23-11-14-26-45(41)53-34-54-46-27-15-12-24-42(46)49-47(54)33-32-44-48(49)40-22-10-13-25-43(40)51(44,38-18-6-2-7-19-38)39-20-8-3-9-21-39/h1-33,52-53H,34H2. The molecule has 9 aromatic rings. The number of para-hydroxylation sites is 2. The first-order valence-electron chi connectivity index (χ1n) is 18.6. The van der Waals surface area contributed by atoms with Crippen molar-refractivity contribution < 1.29 is 0 Å². The van der Waals surface area contributed by atoms with Crippen molar-refractivity contribution in [2.24, 2.45) is 0 Å². The molecule has 1 aliphatic rings. The third-order valence-corrected chi connectivity index (χ3v) is 11.3. The van der Waals surface area contributed by atoms with Crippen LogP contribution in [0.2, 0.25) is 0 Å². The summed E-state index contributed by atoms with van der Waals surface area (Å²) in [6.45, 7) is 0.546. The Morgan fingerprint density at radius 1 is 0.500 bits per heavy atom. The number of benzene rings is 8. The molecule has 1 aromatic heterocycles. The monoisotopic (exact) mass is 691 g/mol. The topological polar surface area (TPSA) is 40.8 Å². The summed E-state index contributed by atoms with van der Waals surface area (Å²) in [7, 11) is 0. The highest BCUT2D eigenvalue weighted by Gasteiger charge is 2.46. The van der Waals surface area contributed by atoms with E-state index in [1.807, 2.05) is 24.3 Å². The minimum atomic E-state index is -0.456. The Kier molecular flexibility index (Phi) is 7.59. The highest BCUT2D eigenvalue weighted by atomic mass is 15.1. The molecule has 0 saturated heterocycles. The minimum Gasteiger partial charge on any atom is -0.367 e. The van der Waals surface area contributed by atoms with Gasteiger partial charge in [0.05, 0.1) is 28.8 Å². The van der Waals surface area contributed by atoms with Gasteiger partial charge < -0.3 is 9.88 Å². The van der Waals surface area contributed by atoms with Gasteiger partial charge in [-0.05, 0) is 62.7 Å². The molecule has 0 unspecified atom stereocenters. The van der Waals surface area contributed by atoms with Gasteiger partial charge in [-0.15, -0.1) is 0 Å². The Morgan fingerprint density at radius 3 is 1.83 bits per heavy atom. The SMILES string of the molecule is N=C(c1ccc(-c2ccccc2)cc1)c1ccccc1NCn1c2ccccc2c2c3c(ccc21)C(c1ccccc1)(c1ccccc1)c1ccccc1-3. The maximum Gasteiger partial charge on any atom is 0.0926 e. The van der Waals surface area contributed by atoms with Crippen LogP contribution in [0.15, 0.2) is 200 Å². The van der Waals surface area contributed by atoms with Crippen molar-refractivity contribution in [1.29, 1.82) is 5.41 Å². The van der Waals surface area contributed by atoms with E-state index in [1.165, 1.54) is 60.8 Å². The second kappa shape index (κ2) is 12.9. The van der Waals surface area contributed by atoms with Crippen LogP contribution in [-0.4, -0.2) is 10.3 Å². The van der Waals surface area contributed by atoms with Crippen LogP contribution in [-0.2, 0) is 12.1 Å². The summed E-state index contributed by atoms with van der Waals surface area (Å²) in [4.78, 5) is 0. The van der Waals surface area contributed by atoms with Gasteiger partial charge in [0.2, 0.25) is 0 Å². The van der Waals surface area contributed by atoms with Gasteiger partial charge in [-0.2, -0.15) is 0 Å². The molecule has 1 aliphatic carbocycles. The molecule has 3 heteroatoms. The second-order valence-electron chi connectivity index (χ2n) is 14.1. The van der Waals surface area contributed by atoms with Gasteiger partial charge in [0.15, 0.2) is 0 Å². The summed E-state index contributed by atoms with van der Waals surface area (Å²) in [5, 5.41) is 15.6. The normalized spacial score (nSPS) is 12.7. The molecule has 0 bridgehead atoms. The van der Waals surface area contributed by atoms with Gasteiger partial charge in [0, 0.05) is 27.6 Å². The number of nitrogens with one attached hydrogen (secondary N) is 2. The average Bonchev–Trinajstić information content (AvgIpc) is 3.74. The molecule has 10 rings (SSSR count). The molecule has 0 fully saturated rings. The number of nitrogens with zero attached hydrogens (tertiary/aromatic N) is 1. The van der Waals surface area contributed by atoms with Gasteiger partial charge in [-0.3, -0.25) is 5.41 Å². The van der Waals surface area contributed by atoms with Crippen molar-refractivity contribution in [2.75, 3.05) is 5.32 Å². The maximum absolute atomic E-state index is 9.29. The summed E-state index contributed by atoms with van der Waals surface area (Å²) < 4.78 is 2.40. The van der Waals surface area contributed by atoms with E-state index in [1.54, 1.807) is 0 Å². The van der Waals surface area contributed by atoms with Gasteiger partial charge in [-0.25, -0.2) is 0 Å². The van der Waals surface area contributed by atoms with Crippen LogP contribution in [0.1, 0.15) is 33.4 Å². The molecule has 0 amide bonds. The van der Waals surface area contributed by atoms with Crippen molar-refractivity contribution >= 4 is 33.2 Å². The average molecular weight is 692 g/mol. The molecule has 2 N–H and O–H groups in total. The third-order valence-electron chi connectivity index (χ3n) is 11.3. The summed E-state index contributed by atoms with van der Waals surface area (Å²) in [5.74, 6) is 0. The quantitative estimate of drug-likeness (QED) is 0.153. The van der Waals surface area contributed by atoms with E-state index < -0.39 is 5.41 Å². The van der Waals surface area contributed by atoms with Crippen LogP contribution in [0.5, 0.6) is 0 Å². The van der Waals surface area contributed by atoms with E-state index in [0.29, 0.717) is 12.4 Å². The maximum atomic E-state index is 9.29. The van der Waals surface area contributed by atoms with E-state index in [2.05, 4.69) is 186 Å². The highest BCUT2D eigenvalue weighted by molar-refractivity contribution is 6.18. The van der Waals surface area contributed by atoms with Crippen molar-refractivity contribution in [3.8, 4) is 22.3 Å². The van der Waals surface area contributed by atoms with Gasteiger partial charge in [0.1, 0.15) is 0 Å². The van der Waals surface area contributed by atoms with Crippen LogP contribution in [0.3, 0.4) is 0 Å². The zero-order valence-corrected chi connectivity index (χ0v) is 29.7. The summed E-state index contributed by atoms with van der Waals surface area (Å²) in [6, 6.07) is 71.3. The zero-order valence-electron chi connectivity index (χ0n) is 29.7. The molecule has 3 nitrogen and oxygen atoms in total. The first kappa shape index (κ1) is 31.7. The lowest BCUT2D eigenvalue weighted by atomic mass is 9.67. The number of hydrogen-bond acceptors (Lipinski definition) is 2. The molecule has 0 saturated carbocycles. The minimum absolute atomic E-state index is 0.456. The summed E-state index contributed by atoms with van der Waals surface area (Å²) in [6.07, 6.45) is 0. The van der Waals surface area contributed by atoms with Gasteiger partial charge in [0.25, 0.3) is 0 Å². The van der Waals surface area contributed by atoms with Crippen LogP contribution in [0.25, 0.3) is 44.1 Å². The van der Waals surface area contributed by atoms with E-state index >= 15 is 0 Å². The molecule has 1 heterocycles. The molecule has 8 aromatic carbocycles. The molecule has 0 atom stereocenters. The molecule has 0 spiro atoms. The van der Waals surface area contributed by atoms with Crippen LogP contribution in [0, 0.1) is 5.41 Å². The molecule has 256 valence electrons. The summed E-state index contributed by atoms with van der Waals surface area (Å²) >= 11 is 0. The van der Waals surface area contributed by atoms with E-state index in [4.69, 9.17) is 0 Å². The molecule has 0 aliphatic heterocycles. The van der Waals surface area contributed by atoms with Crippen LogP contribution < -0.4 is 5.32 Å². The van der Waals surface area contributed by atoms with E-state index in [-0.39, 0.29) is 0 Å². The van der Waals surface area contributed by atoms with E-state index in [9.17, 15) is 5.41 Å². The first-order chi connectivity index (χ1) is 26.7. The van der Waals surface area contributed by atoms with Crippen molar-refractivity contribution in [1.82, 2.24) is 4.57 Å². The van der Waals surface area contributed by atoms with Crippen molar-refractivity contribution in [3.05, 3.63) is 234 Å². The number of fused-ring (bicyclic) bond motifs is 7. The molecular weight excluding hydrogens is 655 g/mol. The Morgan fingerprint density at radius 2 is 1.09 bits per heavy atom. The Labute approximate surface area is 315 Å². The number of rotatable bonds is 8. The number of aromatic nitrogens is 1. The lowest BCUT2D eigenvalue weighted by molar-refractivity contribution is 0.768. The first-order valence-corrected chi connectivity index (χ1v) is 18.6. The lowest BCUT2D eigenvalue weighted by Gasteiger charge is -2.33. The lowest BCUT2D eigenvalue weighted by Crippen LogP contribution is -2.28. The second-order valence-corrected chi connectivity index (χ2v) is 14.1. The van der Waals surface area contributed by atoms with Crippen LogP contribution in [0.4, 0.5) is 5.69 Å². The predicted molar refractivity (Wildman–Crippen MR) is 225 cm³/mol. The van der Waals surface area contributed by atoms with Crippen LogP contribution >= 0.6 is 0 Å². The fourth-order valence-electron chi connectivity index (χ4n) is 8.88. The van der Waals surface area contributed by atoms with E-state index in [0.717, 1.165) is 22.4 Å². The Hall–Kier alpha value is -6.97. The van der Waals surface area contributed by atoms with Crippen molar-refractivity contribution in [3.63, 3.8) is 0 Å². The fraction of sp³-hybridized carbons (Fsp3) is 0.0392.